The third-order valence-corrected chi connectivity index (χ3v) is 3.36. The Bertz CT molecular complexity index is 798. The molecule has 0 aliphatic heterocycles. The van der Waals surface area contributed by atoms with Crippen molar-refractivity contribution in [3.63, 3.8) is 0 Å². The van der Waals surface area contributed by atoms with Gasteiger partial charge in [-0.25, -0.2) is 8.78 Å². The van der Waals surface area contributed by atoms with Gasteiger partial charge in [0.1, 0.15) is 5.76 Å². The van der Waals surface area contributed by atoms with E-state index >= 15 is 0 Å². The van der Waals surface area contributed by atoms with Crippen molar-refractivity contribution in [3.05, 3.63) is 65.4 Å². The minimum absolute atomic E-state index is 0.140. The van der Waals surface area contributed by atoms with Gasteiger partial charge in [-0.05, 0) is 29.8 Å². The van der Waals surface area contributed by atoms with Gasteiger partial charge >= 0.3 is 0 Å². The Morgan fingerprint density at radius 2 is 1.90 bits per heavy atom. The zero-order valence-corrected chi connectivity index (χ0v) is 11.3. The van der Waals surface area contributed by atoms with Crippen LogP contribution in [0.4, 0.5) is 8.78 Å². The molecule has 21 heavy (non-hydrogen) atoms. The zero-order valence-electron chi connectivity index (χ0n) is 11.3. The molecular weight excluding hydrogens is 276 g/mol. The summed E-state index contributed by atoms with van der Waals surface area (Å²) < 4.78 is 37.7. The molecule has 0 saturated heterocycles. The minimum atomic E-state index is -0.683. The van der Waals surface area contributed by atoms with Crippen molar-refractivity contribution in [1.29, 1.82) is 0 Å². The fourth-order valence-electron chi connectivity index (χ4n) is 2.24. The van der Waals surface area contributed by atoms with Crippen molar-refractivity contribution in [2.24, 2.45) is 5.73 Å². The van der Waals surface area contributed by atoms with Gasteiger partial charge in [-0.3, -0.25) is 0 Å². The first-order valence-corrected chi connectivity index (χ1v) is 6.37. The summed E-state index contributed by atoms with van der Waals surface area (Å²) in [5.41, 5.74) is 6.74. The molecule has 3 nitrogen and oxygen atoms in total. The molecule has 2 aromatic carbocycles. The molecule has 1 unspecified atom stereocenters. The summed E-state index contributed by atoms with van der Waals surface area (Å²) in [5.74, 6) is -0.444. The number of fused-ring (bicyclic) bond motifs is 1. The Kier molecular flexibility index (Phi) is 3.35. The van der Waals surface area contributed by atoms with E-state index in [1.165, 1.54) is 25.3 Å². The second-order valence-electron chi connectivity index (χ2n) is 4.68. The van der Waals surface area contributed by atoms with Gasteiger partial charge in [-0.1, -0.05) is 18.2 Å². The monoisotopic (exact) mass is 289 g/mol. The van der Waals surface area contributed by atoms with Crippen LogP contribution < -0.4 is 10.5 Å². The maximum absolute atomic E-state index is 13.7. The lowest BCUT2D eigenvalue weighted by Crippen LogP contribution is -2.11. The van der Waals surface area contributed by atoms with E-state index in [1.807, 2.05) is 0 Å². The van der Waals surface area contributed by atoms with E-state index in [0.29, 0.717) is 16.7 Å². The smallest absolute Gasteiger partial charge is 0.169 e. The highest BCUT2D eigenvalue weighted by atomic mass is 19.1. The lowest BCUT2D eigenvalue weighted by molar-refractivity contribution is 0.385. The van der Waals surface area contributed by atoms with Gasteiger partial charge in [0.25, 0.3) is 0 Å². The largest absolute Gasteiger partial charge is 0.494 e. The maximum atomic E-state index is 13.7. The predicted octanol–water partition coefficient (Wildman–Crippen LogP) is 3.77. The number of furan rings is 1. The van der Waals surface area contributed by atoms with Crippen LogP contribution >= 0.6 is 0 Å². The molecule has 0 aliphatic carbocycles. The van der Waals surface area contributed by atoms with Crippen LogP contribution in [0.2, 0.25) is 0 Å². The summed E-state index contributed by atoms with van der Waals surface area (Å²) in [6.45, 7) is 0. The molecule has 0 radical (unpaired) electrons. The summed E-state index contributed by atoms with van der Waals surface area (Å²) in [6, 6.07) is 10.0. The summed E-state index contributed by atoms with van der Waals surface area (Å²) in [7, 11) is 1.39. The summed E-state index contributed by atoms with van der Waals surface area (Å²) >= 11 is 0. The number of rotatable bonds is 3. The summed E-state index contributed by atoms with van der Waals surface area (Å²) in [4.78, 5) is 0. The highest BCUT2D eigenvalue weighted by Crippen LogP contribution is 2.29. The van der Waals surface area contributed by atoms with Crippen LogP contribution in [-0.2, 0) is 0 Å². The first kappa shape index (κ1) is 13.6. The average molecular weight is 289 g/mol. The van der Waals surface area contributed by atoms with Crippen LogP contribution in [0.25, 0.3) is 11.0 Å². The van der Waals surface area contributed by atoms with Crippen LogP contribution in [0.1, 0.15) is 17.4 Å². The van der Waals surface area contributed by atoms with Gasteiger partial charge in [-0.15, -0.1) is 0 Å². The Labute approximate surface area is 119 Å². The van der Waals surface area contributed by atoms with E-state index in [1.54, 1.807) is 24.3 Å². The van der Waals surface area contributed by atoms with Crippen LogP contribution in [0.15, 0.2) is 46.9 Å². The molecular formula is C16H13F2NO2. The quantitative estimate of drug-likeness (QED) is 0.798. The van der Waals surface area contributed by atoms with E-state index in [-0.39, 0.29) is 11.3 Å². The third-order valence-electron chi connectivity index (χ3n) is 3.36. The normalized spacial score (nSPS) is 12.6. The molecule has 0 amide bonds. The Morgan fingerprint density at radius 1 is 1.10 bits per heavy atom. The fraction of sp³-hybridized carbons (Fsp3) is 0.125. The van der Waals surface area contributed by atoms with E-state index in [2.05, 4.69) is 0 Å². The van der Waals surface area contributed by atoms with Gasteiger partial charge in [0.15, 0.2) is 23.0 Å². The number of para-hydroxylation sites is 1. The van der Waals surface area contributed by atoms with Gasteiger partial charge in [0.2, 0.25) is 0 Å². The van der Waals surface area contributed by atoms with Crippen molar-refractivity contribution < 1.29 is 17.9 Å². The molecule has 2 N–H and O–H groups in total. The Hall–Kier alpha value is -2.40. The molecule has 1 aromatic heterocycles. The first-order valence-electron chi connectivity index (χ1n) is 6.37. The second kappa shape index (κ2) is 5.18. The molecule has 0 aliphatic rings. The van der Waals surface area contributed by atoms with Crippen molar-refractivity contribution in [1.82, 2.24) is 0 Å². The Morgan fingerprint density at radius 3 is 2.57 bits per heavy atom. The lowest BCUT2D eigenvalue weighted by atomic mass is 10.0. The molecule has 0 spiro atoms. The first-order chi connectivity index (χ1) is 10.1. The van der Waals surface area contributed by atoms with E-state index in [0.717, 1.165) is 0 Å². The number of nitrogens with two attached hydrogens (primary N) is 1. The highest BCUT2D eigenvalue weighted by molar-refractivity contribution is 5.78. The van der Waals surface area contributed by atoms with E-state index in [9.17, 15) is 8.78 Å². The predicted molar refractivity (Wildman–Crippen MR) is 75.2 cm³/mol. The molecule has 0 fully saturated rings. The standard InChI is InChI=1S/C16H13F2NO2/c1-20-13-6-5-9(7-12(13)18)15(19)14-8-10-3-2-4-11(17)16(10)21-14/h2-8,15H,19H2,1H3. The van der Waals surface area contributed by atoms with E-state index in [4.69, 9.17) is 14.9 Å². The molecule has 1 heterocycles. The minimum Gasteiger partial charge on any atom is -0.494 e. The molecule has 5 heteroatoms. The number of methoxy groups -OCH3 is 1. The zero-order chi connectivity index (χ0) is 15.0. The number of halogens is 2. The van der Waals surface area contributed by atoms with Crippen molar-refractivity contribution in [2.75, 3.05) is 7.11 Å². The number of ether oxygens (including phenoxy) is 1. The maximum Gasteiger partial charge on any atom is 0.169 e. The van der Waals surface area contributed by atoms with Crippen molar-refractivity contribution >= 4 is 11.0 Å². The van der Waals surface area contributed by atoms with Crippen LogP contribution in [0, 0.1) is 11.6 Å². The molecule has 0 saturated carbocycles. The molecule has 0 bridgehead atoms. The van der Waals surface area contributed by atoms with Gasteiger partial charge in [-0.2, -0.15) is 0 Å². The molecule has 3 rings (SSSR count). The topological polar surface area (TPSA) is 48.4 Å². The fourth-order valence-corrected chi connectivity index (χ4v) is 2.24. The Balaban J connectivity index is 2.01. The van der Waals surface area contributed by atoms with Crippen LogP contribution in [-0.4, -0.2) is 7.11 Å². The number of hydrogen-bond donors (Lipinski definition) is 1. The average Bonchev–Trinajstić information content (AvgIpc) is 2.92. The SMILES string of the molecule is COc1ccc(C(N)c2cc3cccc(F)c3o2)cc1F. The second-order valence-corrected chi connectivity index (χ2v) is 4.68. The summed E-state index contributed by atoms with van der Waals surface area (Å²) in [5, 5.41) is 0.620. The molecule has 1 atom stereocenters. The molecule has 108 valence electrons. The lowest BCUT2D eigenvalue weighted by Gasteiger charge is -2.10. The summed E-state index contributed by atoms with van der Waals surface area (Å²) in [6.07, 6.45) is 0. The number of benzene rings is 2. The van der Waals surface area contributed by atoms with Gasteiger partial charge in [0.05, 0.1) is 13.2 Å². The van der Waals surface area contributed by atoms with Crippen molar-refractivity contribution in [3.8, 4) is 5.75 Å². The van der Waals surface area contributed by atoms with E-state index < -0.39 is 17.7 Å². The molecule has 3 aromatic rings. The van der Waals surface area contributed by atoms with Crippen LogP contribution in [0.5, 0.6) is 5.75 Å². The van der Waals surface area contributed by atoms with Gasteiger partial charge < -0.3 is 14.9 Å². The number of hydrogen-bond acceptors (Lipinski definition) is 3. The third kappa shape index (κ3) is 2.36. The van der Waals surface area contributed by atoms with Crippen molar-refractivity contribution in [2.45, 2.75) is 6.04 Å². The van der Waals surface area contributed by atoms with Gasteiger partial charge in [0, 0.05) is 5.39 Å². The highest BCUT2D eigenvalue weighted by Gasteiger charge is 2.17. The van der Waals surface area contributed by atoms with Crippen LogP contribution in [0.3, 0.4) is 0 Å².